The molecule has 0 N–H and O–H groups in total. The second-order valence-electron chi connectivity index (χ2n) is 3.49. The van der Waals surface area contributed by atoms with Crippen LogP contribution >= 0.6 is 11.6 Å². The molecule has 1 fully saturated rings. The second kappa shape index (κ2) is 3.66. The van der Waals surface area contributed by atoms with Gasteiger partial charge in [0.05, 0.1) is 0 Å². The number of carbonyl (C=O) groups excluding carboxylic acids is 1. The van der Waals surface area contributed by atoms with E-state index in [1.165, 1.54) is 0 Å². The first-order valence-corrected chi connectivity index (χ1v) is 4.99. The van der Waals surface area contributed by atoms with Gasteiger partial charge in [-0.2, -0.15) is 0 Å². The molecule has 15 heavy (non-hydrogen) atoms. The van der Waals surface area contributed by atoms with Gasteiger partial charge in [-0.1, -0.05) is 0 Å². The Kier molecular flexibility index (Phi) is 2.48. The Bertz CT molecular complexity index is 389. The molecule has 6 heteroatoms. The maximum Gasteiger partial charge on any atom is 0.325 e. The molecule has 1 aliphatic rings. The molecular weight excluding hydrogens is 216 g/mol. The van der Waals surface area contributed by atoms with Gasteiger partial charge in [-0.05, 0) is 18.5 Å². The molecular formula is C9H11ClN4O. The SMILES string of the molecule is Cc1cc(N2CCN(C)C2=O)nc(Cl)n1. The number of nitrogens with zero attached hydrogens (tertiary/aromatic N) is 4. The minimum absolute atomic E-state index is 0.0517. The highest BCUT2D eigenvalue weighted by molar-refractivity contribution is 6.28. The molecule has 5 nitrogen and oxygen atoms in total. The molecule has 0 saturated carbocycles. The Morgan fingerprint density at radius 2 is 2.13 bits per heavy atom. The van der Waals surface area contributed by atoms with E-state index in [2.05, 4.69) is 9.97 Å². The van der Waals surface area contributed by atoms with Crippen molar-refractivity contribution in [2.45, 2.75) is 6.92 Å². The van der Waals surface area contributed by atoms with Gasteiger partial charge in [0, 0.05) is 31.9 Å². The molecule has 1 saturated heterocycles. The van der Waals surface area contributed by atoms with Crippen molar-refractivity contribution in [3.8, 4) is 0 Å². The number of urea groups is 1. The molecule has 0 aromatic carbocycles. The predicted molar refractivity (Wildman–Crippen MR) is 57.2 cm³/mol. The van der Waals surface area contributed by atoms with E-state index in [1.54, 1.807) is 22.9 Å². The van der Waals surface area contributed by atoms with Crippen LogP contribution in [-0.2, 0) is 0 Å². The lowest BCUT2D eigenvalue weighted by Crippen LogP contribution is -2.30. The number of hydrogen-bond acceptors (Lipinski definition) is 3. The van der Waals surface area contributed by atoms with Crippen LogP contribution in [-0.4, -0.2) is 41.0 Å². The Labute approximate surface area is 92.7 Å². The van der Waals surface area contributed by atoms with Crippen molar-refractivity contribution in [1.82, 2.24) is 14.9 Å². The number of likely N-dealkylation sites (N-methyl/N-ethyl adjacent to an activating group) is 1. The number of hydrogen-bond donors (Lipinski definition) is 0. The molecule has 2 heterocycles. The summed E-state index contributed by atoms with van der Waals surface area (Å²) in [5.41, 5.74) is 0.757. The maximum atomic E-state index is 11.7. The Balaban J connectivity index is 2.34. The standard InChI is InChI=1S/C9H11ClN4O/c1-6-5-7(12-8(10)11-6)14-4-3-13(2)9(14)15/h5H,3-4H2,1-2H3. The van der Waals surface area contributed by atoms with Crippen LogP contribution in [0.2, 0.25) is 5.28 Å². The smallest absolute Gasteiger partial charge is 0.325 e. The van der Waals surface area contributed by atoms with E-state index in [0.29, 0.717) is 18.9 Å². The van der Waals surface area contributed by atoms with Gasteiger partial charge < -0.3 is 4.90 Å². The summed E-state index contributed by atoms with van der Waals surface area (Å²) in [6.45, 7) is 3.17. The summed E-state index contributed by atoms with van der Waals surface area (Å²) in [7, 11) is 1.76. The Hall–Kier alpha value is -1.36. The van der Waals surface area contributed by atoms with Crippen molar-refractivity contribution < 1.29 is 4.79 Å². The first-order valence-electron chi connectivity index (χ1n) is 4.62. The third-order valence-electron chi connectivity index (χ3n) is 2.31. The lowest BCUT2D eigenvalue weighted by molar-refractivity contribution is 0.229. The number of rotatable bonds is 1. The molecule has 1 aliphatic heterocycles. The molecule has 0 bridgehead atoms. The van der Waals surface area contributed by atoms with Crippen LogP contribution < -0.4 is 4.90 Å². The number of aromatic nitrogens is 2. The van der Waals surface area contributed by atoms with E-state index < -0.39 is 0 Å². The topological polar surface area (TPSA) is 49.3 Å². The summed E-state index contributed by atoms with van der Waals surface area (Å²) in [5.74, 6) is 0.571. The molecule has 0 spiro atoms. The van der Waals surface area contributed by atoms with Gasteiger partial charge in [-0.25, -0.2) is 14.8 Å². The average molecular weight is 227 g/mol. The summed E-state index contributed by atoms with van der Waals surface area (Å²) >= 11 is 5.74. The van der Waals surface area contributed by atoms with Crippen LogP contribution in [0, 0.1) is 6.92 Å². The minimum Gasteiger partial charge on any atom is -0.326 e. The van der Waals surface area contributed by atoms with Crippen LogP contribution in [0.3, 0.4) is 0 Å². The molecule has 1 aromatic rings. The Morgan fingerprint density at radius 1 is 1.40 bits per heavy atom. The molecule has 1 aromatic heterocycles. The van der Waals surface area contributed by atoms with E-state index >= 15 is 0 Å². The highest BCUT2D eigenvalue weighted by Gasteiger charge is 2.27. The zero-order chi connectivity index (χ0) is 11.0. The van der Waals surface area contributed by atoms with Crippen LogP contribution in [0.15, 0.2) is 6.07 Å². The molecule has 0 radical (unpaired) electrons. The highest BCUT2D eigenvalue weighted by atomic mass is 35.5. The monoisotopic (exact) mass is 226 g/mol. The highest BCUT2D eigenvalue weighted by Crippen LogP contribution is 2.19. The summed E-state index contributed by atoms with van der Waals surface area (Å²) in [6, 6.07) is 1.70. The molecule has 2 amide bonds. The zero-order valence-electron chi connectivity index (χ0n) is 8.57. The molecule has 80 valence electrons. The third-order valence-corrected chi connectivity index (χ3v) is 2.48. The maximum absolute atomic E-state index is 11.7. The molecule has 2 rings (SSSR count). The number of carbonyl (C=O) groups is 1. The van der Waals surface area contributed by atoms with E-state index in [4.69, 9.17) is 11.6 Å². The quantitative estimate of drug-likeness (QED) is 0.679. The second-order valence-corrected chi connectivity index (χ2v) is 3.83. The first kappa shape index (κ1) is 10.2. The van der Waals surface area contributed by atoms with E-state index in [1.807, 2.05) is 6.92 Å². The van der Waals surface area contributed by atoms with E-state index in [0.717, 1.165) is 5.69 Å². The fourth-order valence-corrected chi connectivity index (χ4v) is 1.73. The van der Waals surface area contributed by atoms with Crippen LogP contribution in [0.1, 0.15) is 5.69 Å². The van der Waals surface area contributed by atoms with Crippen molar-refractivity contribution in [2.75, 3.05) is 25.0 Å². The zero-order valence-corrected chi connectivity index (χ0v) is 9.32. The minimum atomic E-state index is -0.0517. The Morgan fingerprint density at radius 3 is 2.67 bits per heavy atom. The normalized spacial score (nSPS) is 16.3. The molecule has 0 atom stereocenters. The van der Waals surface area contributed by atoms with Crippen molar-refractivity contribution in [3.05, 3.63) is 17.0 Å². The van der Waals surface area contributed by atoms with Gasteiger partial charge in [0.2, 0.25) is 5.28 Å². The van der Waals surface area contributed by atoms with Crippen LogP contribution in [0.4, 0.5) is 10.6 Å². The van der Waals surface area contributed by atoms with Gasteiger partial charge in [0.15, 0.2) is 0 Å². The lowest BCUT2D eigenvalue weighted by Gasteiger charge is -2.15. The van der Waals surface area contributed by atoms with Gasteiger partial charge in [0.1, 0.15) is 5.82 Å². The number of anilines is 1. The summed E-state index contributed by atoms with van der Waals surface area (Å²) in [5, 5.41) is 0.173. The average Bonchev–Trinajstić information content (AvgIpc) is 2.46. The van der Waals surface area contributed by atoms with Gasteiger partial charge >= 0.3 is 6.03 Å². The van der Waals surface area contributed by atoms with Crippen LogP contribution in [0.5, 0.6) is 0 Å². The number of amides is 2. The largest absolute Gasteiger partial charge is 0.326 e. The van der Waals surface area contributed by atoms with Crippen molar-refractivity contribution in [2.24, 2.45) is 0 Å². The fourth-order valence-electron chi connectivity index (χ4n) is 1.51. The summed E-state index contributed by atoms with van der Waals surface area (Å²) in [4.78, 5) is 22.9. The molecule has 0 aliphatic carbocycles. The van der Waals surface area contributed by atoms with Crippen molar-refractivity contribution in [3.63, 3.8) is 0 Å². The summed E-state index contributed by atoms with van der Waals surface area (Å²) in [6.07, 6.45) is 0. The fraction of sp³-hybridized carbons (Fsp3) is 0.444. The lowest BCUT2D eigenvalue weighted by atomic mass is 10.4. The first-order chi connectivity index (χ1) is 7.08. The third kappa shape index (κ3) is 1.87. The summed E-state index contributed by atoms with van der Waals surface area (Å²) < 4.78 is 0. The molecule has 0 unspecified atom stereocenters. The number of halogens is 1. The van der Waals surface area contributed by atoms with Crippen molar-refractivity contribution in [1.29, 1.82) is 0 Å². The van der Waals surface area contributed by atoms with E-state index in [-0.39, 0.29) is 11.3 Å². The van der Waals surface area contributed by atoms with E-state index in [9.17, 15) is 4.79 Å². The number of aryl methyl sites for hydroxylation is 1. The van der Waals surface area contributed by atoms with Gasteiger partial charge in [-0.3, -0.25) is 4.90 Å². The van der Waals surface area contributed by atoms with Crippen LogP contribution in [0.25, 0.3) is 0 Å². The van der Waals surface area contributed by atoms with Crippen molar-refractivity contribution >= 4 is 23.4 Å². The van der Waals surface area contributed by atoms with Gasteiger partial charge in [0.25, 0.3) is 0 Å². The predicted octanol–water partition coefficient (Wildman–Crippen LogP) is 1.31. The van der Waals surface area contributed by atoms with Gasteiger partial charge in [-0.15, -0.1) is 0 Å².